The van der Waals surface area contributed by atoms with Gasteiger partial charge in [-0.25, -0.2) is 0 Å². The molecule has 0 aromatic carbocycles. The molecule has 72 valence electrons. The van der Waals surface area contributed by atoms with Crippen molar-refractivity contribution >= 4 is 29.0 Å². The molecular formula is C6H5N5OS2. The molecule has 0 aliphatic heterocycles. The minimum absolute atomic E-state index is 0.244. The molecule has 14 heavy (non-hydrogen) atoms. The second-order valence-electron chi connectivity index (χ2n) is 2.37. The second kappa shape index (κ2) is 4.20. The summed E-state index contributed by atoms with van der Waals surface area (Å²) in [7, 11) is 0. The number of aromatic nitrogens is 4. The average molecular weight is 227 g/mol. The summed E-state index contributed by atoms with van der Waals surface area (Å²) in [5.41, 5.74) is 1.07. The van der Waals surface area contributed by atoms with E-state index in [1.807, 2.05) is 0 Å². The molecule has 2 aromatic rings. The zero-order chi connectivity index (χ0) is 9.80. The third kappa shape index (κ3) is 2.09. The van der Waals surface area contributed by atoms with Crippen LogP contribution in [-0.2, 0) is 6.54 Å². The van der Waals surface area contributed by atoms with Crippen molar-refractivity contribution in [2.45, 2.75) is 6.54 Å². The fourth-order valence-corrected chi connectivity index (χ4v) is 1.67. The van der Waals surface area contributed by atoms with E-state index < -0.39 is 0 Å². The average Bonchev–Trinajstić information content (AvgIpc) is 2.87. The molecular weight excluding hydrogens is 222 g/mol. The van der Waals surface area contributed by atoms with Gasteiger partial charge in [0, 0.05) is 10.8 Å². The standard InChI is InChI=1S/C6H5N5OS2/c12-6(5-3-14-11-9-5)7-1-4-2-13-10-8-4/h2-3H,1H2,(H,7,12). The summed E-state index contributed by atoms with van der Waals surface area (Å²) in [6.07, 6.45) is 0. The number of nitrogens with zero attached hydrogens (tertiary/aromatic N) is 4. The zero-order valence-corrected chi connectivity index (χ0v) is 8.51. The Hall–Kier alpha value is -1.41. The van der Waals surface area contributed by atoms with Crippen molar-refractivity contribution in [2.24, 2.45) is 0 Å². The van der Waals surface area contributed by atoms with E-state index in [1.165, 1.54) is 11.5 Å². The van der Waals surface area contributed by atoms with Crippen LogP contribution in [0.3, 0.4) is 0 Å². The number of amides is 1. The summed E-state index contributed by atoms with van der Waals surface area (Å²) in [5.74, 6) is -0.244. The lowest BCUT2D eigenvalue weighted by molar-refractivity contribution is 0.0945. The maximum Gasteiger partial charge on any atom is 0.273 e. The predicted molar refractivity (Wildman–Crippen MR) is 51.0 cm³/mol. The third-order valence-corrected chi connectivity index (χ3v) is 2.49. The topological polar surface area (TPSA) is 80.7 Å². The molecule has 0 saturated carbocycles. The van der Waals surface area contributed by atoms with Crippen LogP contribution < -0.4 is 5.32 Å². The van der Waals surface area contributed by atoms with Gasteiger partial charge < -0.3 is 5.32 Å². The maximum absolute atomic E-state index is 11.3. The van der Waals surface area contributed by atoms with Gasteiger partial charge in [-0.1, -0.05) is 8.98 Å². The smallest absolute Gasteiger partial charge is 0.273 e. The van der Waals surface area contributed by atoms with Gasteiger partial charge in [-0.05, 0) is 23.1 Å². The SMILES string of the molecule is O=C(NCc1csnn1)c1csnn1. The van der Waals surface area contributed by atoms with Gasteiger partial charge in [0.25, 0.3) is 5.91 Å². The van der Waals surface area contributed by atoms with E-state index in [0.29, 0.717) is 12.2 Å². The van der Waals surface area contributed by atoms with Crippen molar-refractivity contribution < 1.29 is 4.79 Å². The summed E-state index contributed by atoms with van der Waals surface area (Å²) < 4.78 is 7.27. The van der Waals surface area contributed by atoms with Crippen LogP contribution in [0.25, 0.3) is 0 Å². The number of rotatable bonds is 3. The van der Waals surface area contributed by atoms with Crippen LogP contribution in [0.4, 0.5) is 0 Å². The second-order valence-corrected chi connectivity index (χ2v) is 3.59. The van der Waals surface area contributed by atoms with E-state index >= 15 is 0 Å². The van der Waals surface area contributed by atoms with Crippen LogP contribution in [0.1, 0.15) is 16.2 Å². The summed E-state index contributed by atoms with van der Waals surface area (Å²) in [4.78, 5) is 11.3. The van der Waals surface area contributed by atoms with Crippen LogP contribution in [0, 0.1) is 0 Å². The quantitative estimate of drug-likeness (QED) is 0.816. The molecule has 0 bridgehead atoms. The molecule has 0 radical (unpaired) electrons. The van der Waals surface area contributed by atoms with E-state index in [2.05, 4.69) is 24.5 Å². The summed E-state index contributed by atoms with van der Waals surface area (Å²) in [6, 6.07) is 0. The number of carbonyl (C=O) groups is 1. The lowest BCUT2D eigenvalue weighted by Crippen LogP contribution is -2.23. The Morgan fingerprint density at radius 2 is 2.07 bits per heavy atom. The van der Waals surface area contributed by atoms with Gasteiger partial charge in [0.15, 0.2) is 5.69 Å². The Labute approximate surface area is 87.3 Å². The molecule has 0 spiro atoms. The van der Waals surface area contributed by atoms with Crippen molar-refractivity contribution in [3.8, 4) is 0 Å². The Morgan fingerprint density at radius 3 is 2.71 bits per heavy atom. The molecule has 0 atom stereocenters. The molecule has 8 heteroatoms. The molecule has 1 amide bonds. The zero-order valence-electron chi connectivity index (χ0n) is 6.88. The minimum atomic E-state index is -0.244. The molecule has 0 aliphatic carbocycles. The number of hydrogen-bond donors (Lipinski definition) is 1. The van der Waals surface area contributed by atoms with Crippen LogP contribution in [0.2, 0.25) is 0 Å². The van der Waals surface area contributed by atoms with Gasteiger partial charge in [0.1, 0.15) is 0 Å². The highest BCUT2D eigenvalue weighted by molar-refractivity contribution is 7.03. The number of carbonyl (C=O) groups excluding carboxylic acids is 1. The molecule has 0 aliphatic rings. The highest BCUT2D eigenvalue weighted by Gasteiger charge is 2.08. The van der Waals surface area contributed by atoms with E-state index in [1.54, 1.807) is 10.8 Å². The molecule has 1 N–H and O–H groups in total. The fourth-order valence-electron chi connectivity index (χ4n) is 0.786. The van der Waals surface area contributed by atoms with E-state index in [-0.39, 0.29) is 5.91 Å². The summed E-state index contributed by atoms with van der Waals surface area (Å²) in [6.45, 7) is 0.368. The fraction of sp³-hybridized carbons (Fsp3) is 0.167. The van der Waals surface area contributed by atoms with Crippen molar-refractivity contribution in [3.63, 3.8) is 0 Å². The summed E-state index contributed by atoms with van der Waals surface area (Å²) in [5, 5.41) is 13.5. The van der Waals surface area contributed by atoms with Gasteiger partial charge in [-0.2, -0.15) is 0 Å². The van der Waals surface area contributed by atoms with E-state index in [9.17, 15) is 4.79 Å². The Kier molecular flexibility index (Phi) is 2.75. The maximum atomic E-state index is 11.3. The predicted octanol–water partition coefficient (Wildman–Crippen LogP) is 0.320. The van der Waals surface area contributed by atoms with Crippen molar-refractivity contribution in [2.75, 3.05) is 0 Å². The monoisotopic (exact) mass is 227 g/mol. The lowest BCUT2D eigenvalue weighted by atomic mass is 10.4. The van der Waals surface area contributed by atoms with Gasteiger partial charge in [0.2, 0.25) is 0 Å². The summed E-state index contributed by atoms with van der Waals surface area (Å²) >= 11 is 2.39. The lowest BCUT2D eigenvalue weighted by Gasteiger charge is -1.97. The third-order valence-electron chi connectivity index (χ3n) is 1.43. The molecule has 2 aromatic heterocycles. The molecule has 2 heterocycles. The van der Waals surface area contributed by atoms with E-state index in [4.69, 9.17) is 0 Å². The largest absolute Gasteiger partial charge is 0.345 e. The van der Waals surface area contributed by atoms with Gasteiger partial charge >= 0.3 is 0 Å². The number of nitrogens with one attached hydrogen (secondary N) is 1. The first-order chi connectivity index (χ1) is 6.86. The van der Waals surface area contributed by atoms with Crippen molar-refractivity contribution in [1.82, 2.24) is 24.5 Å². The van der Waals surface area contributed by atoms with Crippen molar-refractivity contribution in [1.29, 1.82) is 0 Å². The van der Waals surface area contributed by atoms with Crippen LogP contribution >= 0.6 is 23.1 Å². The first-order valence-corrected chi connectivity index (χ1v) is 5.35. The van der Waals surface area contributed by atoms with Gasteiger partial charge in [-0.15, -0.1) is 10.2 Å². The van der Waals surface area contributed by atoms with E-state index in [0.717, 1.165) is 17.2 Å². The molecule has 0 unspecified atom stereocenters. The molecule has 0 saturated heterocycles. The number of hydrogen-bond acceptors (Lipinski definition) is 7. The van der Waals surface area contributed by atoms with Crippen LogP contribution in [-0.4, -0.2) is 25.1 Å². The van der Waals surface area contributed by atoms with Crippen molar-refractivity contribution in [3.05, 3.63) is 22.1 Å². The molecule has 2 rings (SSSR count). The van der Waals surface area contributed by atoms with Gasteiger partial charge in [-0.3, -0.25) is 4.79 Å². The Bertz CT molecular complexity index is 398. The minimum Gasteiger partial charge on any atom is -0.345 e. The van der Waals surface area contributed by atoms with Crippen LogP contribution in [0.15, 0.2) is 10.8 Å². The Morgan fingerprint density at radius 1 is 1.29 bits per heavy atom. The highest BCUT2D eigenvalue weighted by Crippen LogP contribution is 1.99. The molecule has 6 nitrogen and oxygen atoms in total. The first kappa shape index (κ1) is 9.16. The normalized spacial score (nSPS) is 10.0. The molecule has 0 fully saturated rings. The first-order valence-electron chi connectivity index (χ1n) is 3.67. The highest BCUT2D eigenvalue weighted by atomic mass is 32.1. The van der Waals surface area contributed by atoms with Crippen LogP contribution in [0.5, 0.6) is 0 Å². The Balaban J connectivity index is 1.90. The van der Waals surface area contributed by atoms with Gasteiger partial charge in [0.05, 0.1) is 12.2 Å².